The quantitative estimate of drug-likeness (QED) is 0.826. The second-order valence-corrected chi connectivity index (χ2v) is 3.66. The number of nitrogens with one attached hydrogen (secondary N) is 1. The number of nitrogens with zero attached hydrogens (tertiary/aromatic N) is 1. The molecule has 0 aliphatic carbocycles. The number of aromatic amines is 1. The van der Waals surface area contributed by atoms with Gasteiger partial charge in [0, 0.05) is 11.8 Å². The number of hydrogen-bond donors (Lipinski definition) is 1. The molecular formula is C12H12N2OS. The highest BCUT2D eigenvalue weighted by atomic mass is 32.1. The summed E-state index contributed by atoms with van der Waals surface area (Å²) < 4.78 is 6.07. The third-order valence-corrected chi connectivity index (χ3v) is 2.53. The first kappa shape index (κ1) is 10.8. The van der Waals surface area contributed by atoms with E-state index in [1.165, 1.54) is 0 Å². The smallest absolute Gasteiger partial charge is 0.119 e. The second-order valence-electron chi connectivity index (χ2n) is 3.25. The van der Waals surface area contributed by atoms with Crippen molar-refractivity contribution in [2.75, 3.05) is 6.61 Å². The van der Waals surface area contributed by atoms with E-state index in [1.54, 1.807) is 12.5 Å². The van der Waals surface area contributed by atoms with Gasteiger partial charge in [-0.3, -0.25) is 0 Å². The van der Waals surface area contributed by atoms with Crippen LogP contribution in [-0.4, -0.2) is 16.6 Å². The number of H-pyrrole nitrogens is 1. The van der Waals surface area contributed by atoms with Crippen LogP contribution in [0.3, 0.4) is 0 Å². The Labute approximate surface area is 99.1 Å². The monoisotopic (exact) mass is 232 g/mol. The van der Waals surface area contributed by atoms with Crippen LogP contribution in [0.1, 0.15) is 6.92 Å². The van der Waals surface area contributed by atoms with Crippen LogP contribution in [0.2, 0.25) is 0 Å². The number of benzene rings is 1. The molecule has 16 heavy (non-hydrogen) atoms. The Kier molecular flexibility index (Phi) is 3.31. The van der Waals surface area contributed by atoms with Crippen LogP contribution in [-0.2, 0) is 0 Å². The van der Waals surface area contributed by atoms with Crippen LogP contribution < -0.4 is 4.74 Å². The normalized spacial score (nSPS) is 10.1. The first-order valence-electron chi connectivity index (χ1n) is 5.07. The van der Waals surface area contributed by atoms with Gasteiger partial charge in [-0.25, -0.2) is 4.98 Å². The third kappa shape index (κ3) is 2.28. The average molecular weight is 232 g/mol. The molecule has 0 unspecified atom stereocenters. The zero-order chi connectivity index (χ0) is 11.4. The topological polar surface area (TPSA) is 37.9 Å². The number of hydrogen-bond acceptors (Lipinski definition) is 3. The van der Waals surface area contributed by atoms with E-state index >= 15 is 0 Å². The molecule has 0 spiro atoms. The predicted octanol–water partition coefficient (Wildman–Crippen LogP) is 3.20. The summed E-state index contributed by atoms with van der Waals surface area (Å²) >= 11 is 5.19. The molecule has 0 atom stereocenters. The molecule has 1 aromatic carbocycles. The Bertz CT molecular complexity index is 519. The van der Waals surface area contributed by atoms with E-state index in [9.17, 15) is 0 Å². The van der Waals surface area contributed by atoms with Gasteiger partial charge in [0.05, 0.1) is 12.9 Å². The Morgan fingerprint density at radius 3 is 2.69 bits per heavy atom. The molecule has 0 fully saturated rings. The fourth-order valence-electron chi connectivity index (χ4n) is 1.45. The maximum atomic E-state index is 5.38. The minimum atomic E-state index is 0.673. The molecule has 2 aromatic rings. The second kappa shape index (κ2) is 4.90. The van der Waals surface area contributed by atoms with Crippen LogP contribution in [0.25, 0.3) is 11.1 Å². The van der Waals surface area contributed by atoms with Crippen LogP contribution >= 0.6 is 12.2 Å². The van der Waals surface area contributed by atoms with Crippen molar-refractivity contribution < 1.29 is 4.74 Å². The molecule has 0 saturated carbocycles. The highest BCUT2D eigenvalue weighted by Crippen LogP contribution is 2.21. The van der Waals surface area contributed by atoms with Gasteiger partial charge in [0.1, 0.15) is 10.4 Å². The molecule has 1 aromatic heterocycles. The minimum Gasteiger partial charge on any atom is -0.494 e. The van der Waals surface area contributed by atoms with Crippen molar-refractivity contribution in [3.63, 3.8) is 0 Å². The lowest BCUT2D eigenvalue weighted by Crippen LogP contribution is -1.91. The predicted molar refractivity (Wildman–Crippen MR) is 66.0 cm³/mol. The summed E-state index contributed by atoms with van der Waals surface area (Å²) in [5.74, 6) is 0.866. The first-order chi connectivity index (χ1) is 7.81. The number of ether oxygens (including phenoxy) is 1. The number of aromatic nitrogens is 2. The van der Waals surface area contributed by atoms with E-state index < -0.39 is 0 Å². The van der Waals surface area contributed by atoms with Gasteiger partial charge in [0.25, 0.3) is 0 Å². The molecule has 0 amide bonds. The van der Waals surface area contributed by atoms with E-state index in [0.717, 1.165) is 16.9 Å². The van der Waals surface area contributed by atoms with E-state index in [0.29, 0.717) is 11.2 Å². The minimum absolute atomic E-state index is 0.673. The maximum absolute atomic E-state index is 5.38. The molecule has 1 N–H and O–H groups in total. The van der Waals surface area contributed by atoms with E-state index in [4.69, 9.17) is 17.0 Å². The van der Waals surface area contributed by atoms with Crippen LogP contribution in [0.15, 0.2) is 36.8 Å². The average Bonchev–Trinajstić information content (AvgIpc) is 2.31. The van der Waals surface area contributed by atoms with Crippen molar-refractivity contribution in [1.82, 2.24) is 9.97 Å². The summed E-state index contributed by atoms with van der Waals surface area (Å²) in [4.78, 5) is 6.94. The third-order valence-electron chi connectivity index (χ3n) is 2.19. The van der Waals surface area contributed by atoms with E-state index in [2.05, 4.69) is 9.97 Å². The summed E-state index contributed by atoms with van der Waals surface area (Å²) in [6.07, 6.45) is 3.34. The molecule has 0 bridgehead atoms. The van der Waals surface area contributed by atoms with Gasteiger partial charge < -0.3 is 9.72 Å². The van der Waals surface area contributed by atoms with Crippen LogP contribution in [0, 0.1) is 4.64 Å². The first-order valence-corrected chi connectivity index (χ1v) is 5.48. The fraction of sp³-hybridized carbons (Fsp3) is 0.167. The zero-order valence-electron chi connectivity index (χ0n) is 8.93. The Hall–Kier alpha value is -1.68. The molecular weight excluding hydrogens is 220 g/mol. The van der Waals surface area contributed by atoms with Gasteiger partial charge in [-0.1, -0.05) is 24.4 Å². The van der Waals surface area contributed by atoms with Crippen LogP contribution in [0.4, 0.5) is 0 Å². The lowest BCUT2D eigenvalue weighted by atomic mass is 10.1. The van der Waals surface area contributed by atoms with Gasteiger partial charge in [-0.15, -0.1) is 0 Å². The fourth-order valence-corrected chi connectivity index (χ4v) is 1.67. The molecule has 4 heteroatoms. The van der Waals surface area contributed by atoms with Crippen molar-refractivity contribution in [1.29, 1.82) is 0 Å². The zero-order valence-corrected chi connectivity index (χ0v) is 9.75. The molecule has 0 saturated heterocycles. The summed E-state index contributed by atoms with van der Waals surface area (Å²) in [7, 11) is 0. The van der Waals surface area contributed by atoms with Crippen molar-refractivity contribution in [2.45, 2.75) is 6.92 Å². The van der Waals surface area contributed by atoms with Crippen molar-refractivity contribution in [3.05, 3.63) is 41.4 Å². The van der Waals surface area contributed by atoms with Crippen molar-refractivity contribution in [2.24, 2.45) is 0 Å². The van der Waals surface area contributed by atoms with Gasteiger partial charge in [-0.2, -0.15) is 0 Å². The maximum Gasteiger partial charge on any atom is 0.119 e. The Morgan fingerprint density at radius 1 is 1.31 bits per heavy atom. The molecule has 1 heterocycles. The highest BCUT2D eigenvalue weighted by molar-refractivity contribution is 7.71. The summed E-state index contributed by atoms with van der Waals surface area (Å²) in [6, 6.07) is 7.82. The molecule has 0 radical (unpaired) electrons. The Morgan fingerprint density at radius 2 is 2.06 bits per heavy atom. The molecule has 3 nitrogen and oxygen atoms in total. The lowest BCUT2D eigenvalue weighted by molar-refractivity contribution is 0.340. The van der Waals surface area contributed by atoms with Crippen molar-refractivity contribution in [3.8, 4) is 16.9 Å². The summed E-state index contributed by atoms with van der Waals surface area (Å²) in [5.41, 5.74) is 1.97. The van der Waals surface area contributed by atoms with Gasteiger partial charge in [-0.05, 0) is 24.6 Å². The van der Waals surface area contributed by atoms with Gasteiger partial charge >= 0.3 is 0 Å². The standard InChI is InChI=1S/C12H12N2OS/c1-2-15-10-5-3-9(4-6-10)11-7-13-8-14-12(11)16/h3-8H,2H2,1H3,(H,13,14,16). The van der Waals surface area contributed by atoms with Crippen LogP contribution in [0.5, 0.6) is 5.75 Å². The SMILES string of the molecule is CCOc1ccc(-c2cnc[nH]c2=S)cc1. The summed E-state index contributed by atoms with van der Waals surface area (Å²) in [6.45, 7) is 2.64. The number of rotatable bonds is 3. The Balaban J connectivity index is 2.35. The van der Waals surface area contributed by atoms with E-state index in [1.807, 2.05) is 31.2 Å². The summed E-state index contributed by atoms with van der Waals surface area (Å²) in [5, 5.41) is 0. The molecule has 82 valence electrons. The van der Waals surface area contributed by atoms with Gasteiger partial charge in [0.2, 0.25) is 0 Å². The highest BCUT2D eigenvalue weighted by Gasteiger charge is 2.00. The van der Waals surface area contributed by atoms with Crippen molar-refractivity contribution >= 4 is 12.2 Å². The molecule has 0 aliphatic rings. The largest absolute Gasteiger partial charge is 0.494 e. The van der Waals surface area contributed by atoms with E-state index in [-0.39, 0.29) is 0 Å². The van der Waals surface area contributed by atoms with Gasteiger partial charge in [0.15, 0.2) is 0 Å². The molecule has 2 rings (SSSR count). The lowest BCUT2D eigenvalue weighted by Gasteiger charge is -2.04. The molecule has 0 aliphatic heterocycles.